The minimum atomic E-state index is -0.306. The number of benzene rings is 2. The fourth-order valence-electron chi connectivity index (χ4n) is 4.81. The fraction of sp³-hybridized carbons (Fsp3) is 0.258. The number of nitrogens with zero attached hydrogens (tertiary/aromatic N) is 5. The number of carbonyl (C=O) groups excluding carboxylic acids is 1. The molecule has 0 aliphatic heterocycles. The van der Waals surface area contributed by atoms with Crippen LogP contribution in [0.3, 0.4) is 0 Å². The van der Waals surface area contributed by atoms with E-state index in [1.807, 2.05) is 63.9 Å². The molecule has 0 unspecified atom stereocenters. The largest absolute Gasteiger partial charge is 0.497 e. The monoisotopic (exact) mass is 585 g/mol. The van der Waals surface area contributed by atoms with Crippen molar-refractivity contribution in [2.75, 3.05) is 64.0 Å². The Bertz CT molecular complexity index is 1780. The molecular formula is C31H35N7O3S. The van der Waals surface area contributed by atoms with Gasteiger partial charge in [-0.05, 0) is 49.8 Å². The number of nitrogens with one attached hydrogen (secondary N) is 2. The first-order valence-corrected chi connectivity index (χ1v) is 14.3. The summed E-state index contributed by atoms with van der Waals surface area (Å²) in [5.74, 6) is 1.49. The van der Waals surface area contributed by atoms with Crippen molar-refractivity contribution in [2.24, 2.45) is 7.05 Å². The average molecular weight is 586 g/mol. The zero-order chi connectivity index (χ0) is 30.0. The van der Waals surface area contributed by atoms with Gasteiger partial charge in [0.25, 0.3) is 0 Å². The number of thiophene rings is 1. The summed E-state index contributed by atoms with van der Waals surface area (Å²) in [5, 5.41) is 9.39. The quantitative estimate of drug-likeness (QED) is 0.190. The molecule has 5 rings (SSSR count). The molecule has 0 bridgehead atoms. The molecule has 3 aromatic heterocycles. The summed E-state index contributed by atoms with van der Waals surface area (Å²) in [4.78, 5) is 26.4. The lowest BCUT2D eigenvalue weighted by atomic mass is 10.1. The smallest absolute Gasteiger partial charge is 0.247 e. The molecular weight excluding hydrogens is 550 g/mol. The topological polar surface area (TPSA) is 96.8 Å². The highest BCUT2D eigenvalue weighted by Gasteiger charge is 2.20. The third-order valence-electron chi connectivity index (χ3n) is 7.06. The van der Waals surface area contributed by atoms with Crippen LogP contribution in [0.1, 0.15) is 0 Å². The van der Waals surface area contributed by atoms with Crippen LogP contribution in [0, 0.1) is 0 Å². The van der Waals surface area contributed by atoms with Gasteiger partial charge in [-0.2, -0.15) is 0 Å². The summed E-state index contributed by atoms with van der Waals surface area (Å²) < 4.78 is 14.3. The lowest BCUT2D eigenvalue weighted by molar-refractivity contribution is -0.111. The van der Waals surface area contributed by atoms with Gasteiger partial charge in [0.15, 0.2) is 0 Å². The van der Waals surface area contributed by atoms with Crippen LogP contribution < -0.4 is 25.0 Å². The van der Waals surface area contributed by atoms with E-state index in [1.165, 1.54) is 6.08 Å². The summed E-state index contributed by atoms with van der Waals surface area (Å²) in [6.45, 7) is 5.20. The number of anilines is 4. The van der Waals surface area contributed by atoms with Gasteiger partial charge in [0.2, 0.25) is 11.9 Å². The molecule has 0 radical (unpaired) electrons. The molecule has 2 N–H and O–H groups in total. The highest BCUT2D eigenvalue weighted by Crippen LogP contribution is 2.40. The van der Waals surface area contributed by atoms with E-state index in [4.69, 9.17) is 19.4 Å². The number of rotatable bonds is 11. The van der Waals surface area contributed by atoms with Gasteiger partial charge >= 0.3 is 0 Å². The molecule has 0 aliphatic rings. The summed E-state index contributed by atoms with van der Waals surface area (Å²) in [6, 6.07) is 11.8. The number of methoxy groups -OCH3 is 2. The Balaban J connectivity index is 1.59. The number of amides is 1. The average Bonchev–Trinajstić information content (AvgIpc) is 3.59. The third-order valence-corrected chi connectivity index (χ3v) is 7.97. The molecule has 2 aromatic carbocycles. The molecule has 42 heavy (non-hydrogen) atoms. The minimum absolute atomic E-state index is 0.306. The van der Waals surface area contributed by atoms with Crippen molar-refractivity contribution in [3.8, 4) is 22.8 Å². The Morgan fingerprint density at radius 3 is 2.60 bits per heavy atom. The van der Waals surface area contributed by atoms with Crippen LogP contribution in [0.15, 0.2) is 60.6 Å². The van der Waals surface area contributed by atoms with E-state index in [2.05, 4.69) is 43.8 Å². The number of aryl methyl sites for hydroxylation is 1. The van der Waals surface area contributed by atoms with Crippen molar-refractivity contribution in [1.29, 1.82) is 0 Å². The molecule has 0 saturated carbocycles. The number of carbonyl (C=O) groups is 1. The summed E-state index contributed by atoms with van der Waals surface area (Å²) in [5.41, 5.74) is 5.74. The number of hydrogen-bond donors (Lipinski definition) is 2. The van der Waals surface area contributed by atoms with Gasteiger partial charge in [-0.3, -0.25) is 4.79 Å². The number of ether oxygens (including phenoxy) is 2. The highest BCUT2D eigenvalue weighted by molar-refractivity contribution is 7.17. The number of aromatic nitrogens is 3. The van der Waals surface area contributed by atoms with Crippen molar-refractivity contribution in [3.63, 3.8) is 0 Å². The van der Waals surface area contributed by atoms with Crippen molar-refractivity contribution in [3.05, 3.63) is 60.6 Å². The SMILES string of the molecule is C=CC(=O)Nc1cc(Nc2nc(-c3cn(C)c4cc(OC)ccc34)c3sccc3n2)c(OC)cc1N(C)CCN(C)C. The Kier molecular flexibility index (Phi) is 8.32. The van der Waals surface area contributed by atoms with Gasteiger partial charge in [-0.1, -0.05) is 6.58 Å². The van der Waals surface area contributed by atoms with Crippen LogP contribution in [0.4, 0.5) is 23.0 Å². The van der Waals surface area contributed by atoms with Gasteiger partial charge in [-0.25, -0.2) is 9.97 Å². The van der Waals surface area contributed by atoms with Crippen LogP contribution >= 0.6 is 11.3 Å². The van der Waals surface area contributed by atoms with Gasteiger partial charge in [0.05, 0.1) is 52.7 Å². The molecule has 10 nitrogen and oxygen atoms in total. The maximum absolute atomic E-state index is 12.4. The Morgan fingerprint density at radius 1 is 1.07 bits per heavy atom. The van der Waals surface area contributed by atoms with E-state index < -0.39 is 0 Å². The Hall–Kier alpha value is -4.61. The second kappa shape index (κ2) is 12.1. The molecule has 218 valence electrons. The van der Waals surface area contributed by atoms with Crippen LogP contribution in [0.5, 0.6) is 11.5 Å². The van der Waals surface area contributed by atoms with Crippen molar-refractivity contribution in [1.82, 2.24) is 19.4 Å². The van der Waals surface area contributed by atoms with E-state index in [0.717, 1.165) is 56.9 Å². The van der Waals surface area contributed by atoms with Gasteiger partial charge in [0, 0.05) is 56.5 Å². The van der Waals surface area contributed by atoms with E-state index in [9.17, 15) is 4.79 Å². The highest BCUT2D eigenvalue weighted by atomic mass is 32.1. The molecule has 0 aliphatic carbocycles. The second-order valence-electron chi connectivity index (χ2n) is 10.2. The first-order valence-electron chi connectivity index (χ1n) is 13.4. The molecule has 5 aromatic rings. The Morgan fingerprint density at radius 2 is 1.88 bits per heavy atom. The maximum atomic E-state index is 12.4. The number of likely N-dealkylation sites (N-methyl/N-ethyl adjacent to an activating group) is 2. The second-order valence-corrected chi connectivity index (χ2v) is 11.1. The van der Waals surface area contributed by atoms with Crippen molar-refractivity contribution in [2.45, 2.75) is 0 Å². The molecule has 0 atom stereocenters. The normalized spacial score (nSPS) is 11.2. The van der Waals surface area contributed by atoms with Gasteiger partial charge < -0.3 is 34.5 Å². The zero-order valence-corrected chi connectivity index (χ0v) is 25.5. The lowest BCUT2D eigenvalue weighted by Crippen LogP contribution is -2.29. The van der Waals surface area contributed by atoms with Crippen molar-refractivity contribution >= 4 is 61.4 Å². The fourth-order valence-corrected chi connectivity index (χ4v) is 5.64. The minimum Gasteiger partial charge on any atom is -0.497 e. The van der Waals surface area contributed by atoms with E-state index in [1.54, 1.807) is 25.6 Å². The first kappa shape index (κ1) is 28.9. The maximum Gasteiger partial charge on any atom is 0.247 e. The number of hydrogen-bond acceptors (Lipinski definition) is 9. The predicted octanol–water partition coefficient (Wildman–Crippen LogP) is 5.73. The summed E-state index contributed by atoms with van der Waals surface area (Å²) in [7, 11) is 11.3. The van der Waals surface area contributed by atoms with E-state index >= 15 is 0 Å². The Labute approximate surface area is 249 Å². The van der Waals surface area contributed by atoms with Crippen LogP contribution in [-0.4, -0.2) is 73.8 Å². The van der Waals surface area contributed by atoms with E-state index in [-0.39, 0.29) is 5.91 Å². The summed E-state index contributed by atoms with van der Waals surface area (Å²) >= 11 is 1.60. The molecule has 11 heteroatoms. The molecule has 0 fully saturated rings. The predicted molar refractivity (Wildman–Crippen MR) is 173 cm³/mol. The van der Waals surface area contributed by atoms with E-state index in [0.29, 0.717) is 23.1 Å². The number of fused-ring (bicyclic) bond motifs is 2. The lowest BCUT2D eigenvalue weighted by Gasteiger charge is -2.26. The summed E-state index contributed by atoms with van der Waals surface area (Å²) in [6.07, 6.45) is 3.33. The molecule has 0 spiro atoms. The zero-order valence-electron chi connectivity index (χ0n) is 24.7. The molecule has 0 saturated heterocycles. The van der Waals surface area contributed by atoms with Crippen molar-refractivity contribution < 1.29 is 14.3 Å². The molecule has 1 amide bonds. The van der Waals surface area contributed by atoms with Crippen LogP contribution in [0.2, 0.25) is 0 Å². The van der Waals surface area contributed by atoms with Crippen LogP contribution in [0.25, 0.3) is 32.4 Å². The first-order chi connectivity index (χ1) is 20.2. The third kappa shape index (κ3) is 5.74. The van der Waals surface area contributed by atoms with Gasteiger partial charge in [0.1, 0.15) is 11.5 Å². The molecule has 3 heterocycles. The van der Waals surface area contributed by atoms with Crippen LogP contribution in [-0.2, 0) is 11.8 Å². The van der Waals surface area contributed by atoms with Gasteiger partial charge in [-0.15, -0.1) is 11.3 Å². The standard InChI is InChI=1S/C31H35N7O3S/c1-8-28(39)32-23-16-24(27(41-7)17-26(23)37(4)13-12-36(2)3)34-31-33-22-11-14-42-30(22)29(35-31)21-18-38(5)25-15-19(40-6)9-10-20(21)25/h8-11,14-18H,1,12-13H2,2-7H3,(H,32,39)(H,33,34,35).